The minimum atomic E-state index is -4.77. The number of hydrogen-bond donors (Lipinski definition) is 1. The molecule has 6 nitrogen and oxygen atoms in total. The number of fused-ring (bicyclic) bond motifs is 1. The Kier molecular flexibility index (Phi) is 4.47. The van der Waals surface area contributed by atoms with Crippen LogP contribution < -0.4 is 15.6 Å². The van der Waals surface area contributed by atoms with Gasteiger partial charge in [-0.05, 0) is 43.5 Å². The highest BCUT2D eigenvalue weighted by Crippen LogP contribution is 2.24. The number of halogens is 3. The first-order valence-corrected chi connectivity index (χ1v) is 7.55. The van der Waals surface area contributed by atoms with E-state index in [0.717, 1.165) is 30.7 Å². The summed E-state index contributed by atoms with van der Waals surface area (Å²) in [7, 11) is 0. The number of anilines is 1. The van der Waals surface area contributed by atoms with Gasteiger partial charge in [0.1, 0.15) is 12.3 Å². The molecule has 2 aromatic rings. The molecule has 1 aliphatic rings. The van der Waals surface area contributed by atoms with Gasteiger partial charge in [-0.3, -0.25) is 14.2 Å². The summed E-state index contributed by atoms with van der Waals surface area (Å²) in [4.78, 5) is 28.5. The Morgan fingerprint density at radius 2 is 1.96 bits per heavy atom. The number of nitrogens with one attached hydrogen (secondary N) is 1. The van der Waals surface area contributed by atoms with Crippen molar-refractivity contribution in [2.24, 2.45) is 0 Å². The van der Waals surface area contributed by atoms with E-state index in [0.29, 0.717) is 17.7 Å². The zero-order chi connectivity index (χ0) is 18.0. The minimum absolute atomic E-state index is 0.222. The number of amides is 1. The third kappa shape index (κ3) is 4.17. The summed E-state index contributed by atoms with van der Waals surface area (Å²) in [5.74, 6) is -0.865. The molecule has 1 N–H and O–H groups in total. The molecule has 0 atom stereocenters. The molecule has 0 radical (unpaired) electrons. The molecule has 0 aliphatic heterocycles. The number of aromatic nitrogens is 2. The van der Waals surface area contributed by atoms with Crippen LogP contribution in [0.4, 0.5) is 18.9 Å². The van der Waals surface area contributed by atoms with Crippen LogP contribution in [0.15, 0.2) is 35.4 Å². The molecule has 0 bridgehead atoms. The fourth-order valence-corrected chi connectivity index (χ4v) is 2.67. The highest BCUT2D eigenvalue weighted by molar-refractivity contribution is 5.90. The molecule has 1 heterocycles. The molecule has 0 fully saturated rings. The Bertz CT molecular complexity index is 844. The summed E-state index contributed by atoms with van der Waals surface area (Å²) in [6.07, 6.45) is -1.13. The lowest BCUT2D eigenvalue weighted by Crippen LogP contribution is -2.30. The number of benzene rings is 1. The third-order valence-electron chi connectivity index (χ3n) is 3.75. The first-order chi connectivity index (χ1) is 11.8. The van der Waals surface area contributed by atoms with Crippen LogP contribution in [-0.2, 0) is 24.2 Å². The standard InChI is InChI=1S/C16H14F3N3O3/c17-16(18,19)25-11-6-4-10(5-7-11)21-14(23)8-22-9-20-13-3-1-2-12(13)15(22)24/h4-7,9H,1-3,8H2,(H,21,23). The van der Waals surface area contributed by atoms with E-state index in [9.17, 15) is 22.8 Å². The molecule has 0 saturated heterocycles. The highest BCUT2D eigenvalue weighted by atomic mass is 19.4. The van der Waals surface area contributed by atoms with Crippen molar-refractivity contribution in [3.63, 3.8) is 0 Å². The number of carbonyl (C=O) groups excluding carboxylic acids is 1. The molecular weight excluding hydrogens is 339 g/mol. The molecule has 1 aliphatic carbocycles. The average molecular weight is 353 g/mol. The SMILES string of the molecule is O=C(Cn1cnc2c(c1=O)CCC2)Nc1ccc(OC(F)(F)F)cc1. The van der Waals surface area contributed by atoms with Gasteiger partial charge in [0.05, 0.1) is 12.0 Å². The number of carbonyl (C=O) groups is 1. The van der Waals surface area contributed by atoms with Gasteiger partial charge in [0.25, 0.3) is 5.56 Å². The fourth-order valence-electron chi connectivity index (χ4n) is 2.67. The molecule has 3 rings (SSSR count). The lowest BCUT2D eigenvalue weighted by atomic mass is 10.2. The first-order valence-electron chi connectivity index (χ1n) is 7.55. The maximum absolute atomic E-state index is 12.2. The largest absolute Gasteiger partial charge is 0.573 e. The number of nitrogens with zero attached hydrogens (tertiary/aromatic N) is 2. The van der Waals surface area contributed by atoms with Crippen LogP contribution in [-0.4, -0.2) is 21.8 Å². The predicted molar refractivity (Wildman–Crippen MR) is 82.3 cm³/mol. The Hall–Kier alpha value is -2.84. The average Bonchev–Trinajstić information content (AvgIpc) is 3.00. The molecule has 0 saturated carbocycles. The fraction of sp³-hybridized carbons (Fsp3) is 0.312. The molecule has 25 heavy (non-hydrogen) atoms. The van der Waals surface area contributed by atoms with Crippen LogP contribution >= 0.6 is 0 Å². The van der Waals surface area contributed by atoms with Gasteiger partial charge in [-0.25, -0.2) is 4.98 Å². The number of alkyl halides is 3. The summed E-state index contributed by atoms with van der Waals surface area (Å²) >= 11 is 0. The van der Waals surface area contributed by atoms with Crippen molar-refractivity contribution in [2.45, 2.75) is 32.2 Å². The zero-order valence-electron chi connectivity index (χ0n) is 13.0. The van der Waals surface area contributed by atoms with Gasteiger partial charge < -0.3 is 10.1 Å². The second kappa shape index (κ2) is 6.58. The molecule has 0 unspecified atom stereocenters. The van der Waals surface area contributed by atoms with Gasteiger partial charge >= 0.3 is 6.36 Å². The van der Waals surface area contributed by atoms with Crippen molar-refractivity contribution >= 4 is 11.6 Å². The van der Waals surface area contributed by atoms with Crippen LogP contribution in [0, 0.1) is 0 Å². The monoisotopic (exact) mass is 353 g/mol. The van der Waals surface area contributed by atoms with Gasteiger partial charge in [0.2, 0.25) is 5.91 Å². The van der Waals surface area contributed by atoms with Crippen LogP contribution in [0.2, 0.25) is 0 Å². The van der Waals surface area contributed by atoms with Crippen molar-refractivity contribution < 1.29 is 22.7 Å². The van der Waals surface area contributed by atoms with Gasteiger partial charge in [-0.1, -0.05) is 0 Å². The Balaban J connectivity index is 1.64. The van der Waals surface area contributed by atoms with E-state index in [1.165, 1.54) is 23.0 Å². The summed E-state index contributed by atoms with van der Waals surface area (Å²) in [5, 5.41) is 2.51. The van der Waals surface area contributed by atoms with E-state index in [4.69, 9.17) is 0 Å². The van der Waals surface area contributed by atoms with Gasteiger partial charge in [-0.2, -0.15) is 0 Å². The van der Waals surface area contributed by atoms with Crippen molar-refractivity contribution in [3.05, 3.63) is 52.2 Å². The predicted octanol–water partition coefficient (Wildman–Crippen LogP) is 2.27. The van der Waals surface area contributed by atoms with Crippen LogP contribution in [0.25, 0.3) is 0 Å². The Morgan fingerprint density at radius 3 is 2.64 bits per heavy atom. The van der Waals surface area contributed by atoms with Gasteiger partial charge in [0, 0.05) is 11.3 Å². The lowest BCUT2D eigenvalue weighted by molar-refractivity contribution is -0.274. The normalized spacial score (nSPS) is 13.4. The first kappa shape index (κ1) is 17.0. The molecule has 0 spiro atoms. The summed E-state index contributed by atoms with van der Waals surface area (Å²) < 4.78 is 41.3. The van der Waals surface area contributed by atoms with E-state index in [1.807, 2.05) is 0 Å². The third-order valence-corrected chi connectivity index (χ3v) is 3.75. The number of hydrogen-bond acceptors (Lipinski definition) is 4. The smallest absolute Gasteiger partial charge is 0.406 e. The van der Waals surface area contributed by atoms with E-state index in [-0.39, 0.29) is 17.9 Å². The van der Waals surface area contributed by atoms with E-state index in [2.05, 4.69) is 15.0 Å². The van der Waals surface area contributed by atoms with Crippen molar-refractivity contribution in [2.75, 3.05) is 5.32 Å². The Morgan fingerprint density at radius 1 is 1.24 bits per heavy atom. The van der Waals surface area contributed by atoms with Gasteiger partial charge in [0.15, 0.2) is 0 Å². The maximum Gasteiger partial charge on any atom is 0.573 e. The number of ether oxygens (including phenoxy) is 1. The summed E-state index contributed by atoms with van der Waals surface area (Å²) in [6, 6.07) is 4.74. The van der Waals surface area contributed by atoms with Crippen molar-refractivity contribution in [1.29, 1.82) is 0 Å². The zero-order valence-corrected chi connectivity index (χ0v) is 13.0. The van der Waals surface area contributed by atoms with E-state index in [1.54, 1.807) is 0 Å². The van der Waals surface area contributed by atoms with Crippen LogP contribution in [0.1, 0.15) is 17.7 Å². The maximum atomic E-state index is 12.2. The second-order valence-electron chi connectivity index (χ2n) is 5.58. The van der Waals surface area contributed by atoms with E-state index >= 15 is 0 Å². The number of aryl methyl sites for hydroxylation is 1. The molecule has 1 amide bonds. The minimum Gasteiger partial charge on any atom is -0.406 e. The van der Waals surface area contributed by atoms with Crippen LogP contribution in [0.5, 0.6) is 5.75 Å². The highest BCUT2D eigenvalue weighted by Gasteiger charge is 2.31. The van der Waals surface area contributed by atoms with Crippen molar-refractivity contribution in [3.8, 4) is 5.75 Å². The summed E-state index contributed by atoms with van der Waals surface area (Å²) in [6.45, 7) is -0.222. The number of rotatable bonds is 4. The molecular formula is C16H14F3N3O3. The van der Waals surface area contributed by atoms with Crippen LogP contribution in [0.3, 0.4) is 0 Å². The van der Waals surface area contributed by atoms with Crippen molar-refractivity contribution in [1.82, 2.24) is 9.55 Å². The van der Waals surface area contributed by atoms with Gasteiger partial charge in [-0.15, -0.1) is 13.2 Å². The molecule has 1 aromatic heterocycles. The molecule has 9 heteroatoms. The quantitative estimate of drug-likeness (QED) is 0.915. The Labute approximate surface area is 140 Å². The molecule has 1 aromatic carbocycles. The second-order valence-corrected chi connectivity index (χ2v) is 5.58. The van der Waals surface area contributed by atoms with E-state index < -0.39 is 12.3 Å². The summed E-state index contributed by atoms with van der Waals surface area (Å²) in [5.41, 5.74) is 1.49. The topological polar surface area (TPSA) is 73.2 Å². The lowest BCUT2D eigenvalue weighted by Gasteiger charge is -2.11. The molecule has 132 valence electrons.